The molecular formula is C23H23N3O4S. The van der Waals surface area contributed by atoms with E-state index in [0.717, 1.165) is 47.4 Å². The van der Waals surface area contributed by atoms with Crippen molar-refractivity contribution in [2.24, 2.45) is 0 Å². The molecule has 0 fully saturated rings. The minimum atomic E-state index is -0.643. The van der Waals surface area contributed by atoms with Crippen molar-refractivity contribution in [3.8, 4) is 5.69 Å². The maximum atomic E-state index is 13.0. The Morgan fingerprint density at radius 2 is 1.90 bits per heavy atom. The van der Waals surface area contributed by atoms with E-state index >= 15 is 0 Å². The molecule has 4 rings (SSSR count). The summed E-state index contributed by atoms with van der Waals surface area (Å²) >= 11 is 1.38. The topological polar surface area (TPSA) is 90.3 Å². The number of ether oxygens (including phenoxy) is 1. The van der Waals surface area contributed by atoms with Crippen LogP contribution in [0.2, 0.25) is 0 Å². The number of aryl methyl sites for hydroxylation is 2. The second-order valence-corrected chi connectivity index (χ2v) is 8.50. The summed E-state index contributed by atoms with van der Waals surface area (Å²) < 4.78 is 6.71. The van der Waals surface area contributed by atoms with Crippen LogP contribution in [0.3, 0.4) is 0 Å². The van der Waals surface area contributed by atoms with Gasteiger partial charge in [-0.25, -0.2) is 9.48 Å². The predicted octanol–water partition coefficient (Wildman–Crippen LogP) is 3.91. The van der Waals surface area contributed by atoms with Gasteiger partial charge in [0.05, 0.1) is 17.9 Å². The molecule has 7 nitrogen and oxygen atoms in total. The lowest BCUT2D eigenvalue weighted by Gasteiger charge is -2.12. The number of amides is 1. The number of benzene rings is 1. The molecule has 8 heteroatoms. The highest BCUT2D eigenvalue weighted by atomic mass is 32.1. The Morgan fingerprint density at radius 1 is 1.16 bits per heavy atom. The summed E-state index contributed by atoms with van der Waals surface area (Å²) in [6, 6.07) is 8.89. The van der Waals surface area contributed by atoms with E-state index in [2.05, 4.69) is 10.4 Å². The van der Waals surface area contributed by atoms with Gasteiger partial charge in [-0.2, -0.15) is 5.10 Å². The number of esters is 1. The highest BCUT2D eigenvalue weighted by molar-refractivity contribution is 7.17. The third-order valence-corrected chi connectivity index (χ3v) is 6.41. The molecule has 1 N–H and O–H groups in total. The number of hydrogen-bond acceptors (Lipinski definition) is 6. The van der Waals surface area contributed by atoms with Crippen molar-refractivity contribution >= 4 is 28.2 Å². The fraction of sp³-hybridized carbons (Fsp3) is 0.304. The number of hydrogen-bond donors (Lipinski definition) is 1. The van der Waals surface area contributed by atoms with Gasteiger partial charge in [0.15, 0.2) is 5.69 Å². The fourth-order valence-electron chi connectivity index (χ4n) is 3.64. The number of carbonyl (C=O) groups is 2. The van der Waals surface area contributed by atoms with Crippen LogP contribution in [0.15, 0.2) is 41.3 Å². The van der Waals surface area contributed by atoms with Crippen LogP contribution in [0, 0.1) is 6.92 Å². The average Bonchev–Trinajstić information content (AvgIpc) is 3.12. The van der Waals surface area contributed by atoms with Crippen molar-refractivity contribution in [3.63, 3.8) is 0 Å². The molecule has 1 aliphatic rings. The van der Waals surface area contributed by atoms with Crippen molar-refractivity contribution in [2.75, 3.05) is 11.9 Å². The van der Waals surface area contributed by atoms with Crippen molar-refractivity contribution in [3.05, 3.63) is 74.0 Å². The molecule has 31 heavy (non-hydrogen) atoms. The molecule has 0 atom stereocenters. The number of carbonyl (C=O) groups excluding carboxylic acids is 2. The molecular weight excluding hydrogens is 414 g/mol. The molecule has 1 amide bonds. The normalized spacial score (nSPS) is 12.8. The van der Waals surface area contributed by atoms with Gasteiger partial charge >= 0.3 is 5.97 Å². The molecule has 1 aliphatic carbocycles. The van der Waals surface area contributed by atoms with Crippen LogP contribution in [0.4, 0.5) is 5.00 Å². The highest BCUT2D eigenvalue weighted by Crippen LogP contribution is 2.38. The Hall–Kier alpha value is -3.26. The zero-order valence-electron chi connectivity index (χ0n) is 17.4. The quantitative estimate of drug-likeness (QED) is 0.611. The SMILES string of the molecule is CCOC(=O)c1c(NC(=O)c2nn(-c3ccc(C)cc3)ccc2=O)sc2c1CCCC2. The van der Waals surface area contributed by atoms with Gasteiger partial charge in [-0.1, -0.05) is 17.7 Å². The second kappa shape index (κ2) is 8.85. The third kappa shape index (κ3) is 4.29. The lowest BCUT2D eigenvalue weighted by molar-refractivity contribution is 0.0526. The summed E-state index contributed by atoms with van der Waals surface area (Å²) in [5.41, 5.74) is 2.46. The van der Waals surface area contributed by atoms with Crippen LogP contribution in [0.5, 0.6) is 0 Å². The molecule has 0 saturated heterocycles. The molecule has 0 radical (unpaired) electrons. The molecule has 2 heterocycles. The first-order valence-corrected chi connectivity index (χ1v) is 11.1. The number of nitrogens with one attached hydrogen (secondary N) is 1. The Balaban J connectivity index is 1.68. The van der Waals surface area contributed by atoms with E-state index in [1.165, 1.54) is 28.3 Å². The number of thiophene rings is 1. The molecule has 0 unspecified atom stereocenters. The summed E-state index contributed by atoms with van der Waals surface area (Å²) in [5.74, 6) is -1.09. The summed E-state index contributed by atoms with van der Waals surface area (Å²) in [5, 5.41) is 7.42. The van der Waals surface area contributed by atoms with E-state index < -0.39 is 17.3 Å². The summed E-state index contributed by atoms with van der Waals surface area (Å²) in [6.07, 6.45) is 5.21. The van der Waals surface area contributed by atoms with E-state index in [-0.39, 0.29) is 12.3 Å². The lowest BCUT2D eigenvalue weighted by Crippen LogP contribution is -2.26. The van der Waals surface area contributed by atoms with E-state index in [9.17, 15) is 14.4 Å². The van der Waals surface area contributed by atoms with Crippen LogP contribution in [-0.4, -0.2) is 28.3 Å². The second-order valence-electron chi connectivity index (χ2n) is 7.40. The fourth-order valence-corrected chi connectivity index (χ4v) is 4.91. The first-order valence-electron chi connectivity index (χ1n) is 10.3. The third-order valence-electron chi connectivity index (χ3n) is 5.20. The Kier molecular flexibility index (Phi) is 5.99. The van der Waals surface area contributed by atoms with Gasteiger partial charge in [0.2, 0.25) is 5.43 Å². The van der Waals surface area contributed by atoms with E-state index in [1.807, 2.05) is 31.2 Å². The van der Waals surface area contributed by atoms with Crippen molar-refractivity contribution in [1.82, 2.24) is 9.78 Å². The van der Waals surface area contributed by atoms with E-state index in [0.29, 0.717) is 10.6 Å². The summed E-state index contributed by atoms with van der Waals surface area (Å²) in [4.78, 5) is 39.1. The van der Waals surface area contributed by atoms with Crippen LogP contribution < -0.4 is 10.7 Å². The smallest absolute Gasteiger partial charge is 0.341 e. The maximum absolute atomic E-state index is 13.0. The largest absolute Gasteiger partial charge is 0.462 e. The molecule has 160 valence electrons. The molecule has 0 bridgehead atoms. The van der Waals surface area contributed by atoms with E-state index in [1.54, 1.807) is 6.92 Å². The van der Waals surface area contributed by atoms with Crippen LogP contribution in [0.1, 0.15) is 56.6 Å². The molecule has 0 spiro atoms. The highest BCUT2D eigenvalue weighted by Gasteiger charge is 2.28. The average molecular weight is 438 g/mol. The number of fused-ring (bicyclic) bond motifs is 1. The minimum Gasteiger partial charge on any atom is -0.462 e. The van der Waals surface area contributed by atoms with Gasteiger partial charge in [-0.05, 0) is 57.2 Å². The molecule has 3 aromatic rings. The summed E-state index contributed by atoms with van der Waals surface area (Å²) in [6.45, 7) is 3.97. The van der Waals surface area contributed by atoms with Gasteiger partial charge < -0.3 is 10.1 Å². The van der Waals surface area contributed by atoms with Crippen molar-refractivity contribution < 1.29 is 14.3 Å². The lowest BCUT2D eigenvalue weighted by atomic mass is 9.95. The number of anilines is 1. The molecule has 1 aromatic carbocycles. The Bertz CT molecular complexity index is 1190. The predicted molar refractivity (Wildman–Crippen MR) is 119 cm³/mol. The first kappa shape index (κ1) is 21.0. The maximum Gasteiger partial charge on any atom is 0.341 e. The Labute approximate surface area is 183 Å². The Morgan fingerprint density at radius 3 is 2.65 bits per heavy atom. The number of rotatable bonds is 5. The van der Waals surface area contributed by atoms with E-state index in [4.69, 9.17) is 4.74 Å². The first-order chi connectivity index (χ1) is 15.0. The number of nitrogens with zero attached hydrogens (tertiary/aromatic N) is 2. The van der Waals surface area contributed by atoms with Crippen molar-refractivity contribution in [1.29, 1.82) is 0 Å². The zero-order chi connectivity index (χ0) is 22.0. The van der Waals surface area contributed by atoms with Gasteiger partial charge in [0, 0.05) is 17.1 Å². The zero-order valence-corrected chi connectivity index (χ0v) is 18.3. The van der Waals surface area contributed by atoms with Crippen LogP contribution in [0.25, 0.3) is 5.69 Å². The number of aromatic nitrogens is 2. The molecule has 0 aliphatic heterocycles. The monoisotopic (exact) mass is 437 g/mol. The molecule has 2 aromatic heterocycles. The standard InChI is InChI=1S/C23H23N3O4S/c1-3-30-23(29)19-16-6-4-5-7-18(16)31-22(19)24-21(28)20-17(27)12-13-26(25-20)15-10-8-14(2)9-11-15/h8-13H,3-7H2,1-2H3,(H,24,28). The van der Waals surface area contributed by atoms with Gasteiger partial charge in [-0.15, -0.1) is 11.3 Å². The van der Waals surface area contributed by atoms with Crippen LogP contribution in [-0.2, 0) is 17.6 Å². The van der Waals surface area contributed by atoms with Crippen LogP contribution >= 0.6 is 11.3 Å². The van der Waals surface area contributed by atoms with Gasteiger partial charge in [0.1, 0.15) is 5.00 Å². The molecule has 0 saturated carbocycles. The summed E-state index contributed by atoms with van der Waals surface area (Å²) in [7, 11) is 0. The minimum absolute atomic E-state index is 0.232. The van der Waals surface area contributed by atoms with Crippen molar-refractivity contribution in [2.45, 2.75) is 39.5 Å². The van der Waals surface area contributed by atoms with Gasteiger partial charge in [0.25, 0.3) is 5.91 Å². The van der Waals surface area contributed by atoms with Gasteiger partial charge in [-0.3, -0.25) is 9.59 Å².